The number of hydrogen-bond acceptors (Lipinski definition) is 4. The second-order valence-corrected chi connectivity index (χ2v) is 5.59. The average molecular weight is 272 g/mol. The molecular weight excluding hydrogens is 244 g/mol. The number of rotatable bonds is 8. The Kier molecular flexibility index (Phi) is 8.39. The summed E-state index contributed by atoms with van der Waals surface area (Å²) < 4.78 is 4.62. The third-order valence-corrected chi connectivity index (χ3v) is 3.09. The van der Waals surface area contributed by atoms with Crippen LogP contribution in [0, 0.1) is 17.8 Å². The van der Waals surface area contributed by atoms with Crippen molar-refractivity contribution in [2.24, 2.45) is 23.5 Å². The maximum Gasteiger partial charge on any atom is 0.307 e. The largest absolute Gasteiger partial charge is 0.469 e. The van der Waals surface area contributed by atoms with Gasteiger partial charge in [0.25, 0.3) is 0 Å². The Morgan fingerprint density at radius 1 is 1.21 bits per heavy atom. The van der Waals surface area contributed by atoms with Crippen molar-refractivity contribution >= 4 is 11.9 Å². The highest BCUT2D eigenvalue weighted by atomic mass is 16.5. The number of carbonyl (C=O) groups excluding carboxylic acids is 2. The molecule has 5 nitrogen and oxygen atoms in total. The molecule has 0 saturated carbocycles. The fourth-order valence-corrected chi connectivity index (χ4v) is 1.95. The Balaban J connectivity index is 4.72. The van der Waals surface area contributed by atoms with Crippen LogP contribution < -0.4 is 5.73 Å². The summed E-state index contributed by atoms with van der Waals surface area (Å²) in [5, 5.41) is 0. The molecule has 0 radical (unpaired) electrons. The van der Waals surface area contributed by atoms with E-state index in [1.165, 1.54) is 7.11 Å². The molecule has 0 spiro atoms. The van der Waals surface area contributed by atoms with E-state index in [9.17, 15) is 9.59 Å². The van der Waals surface area contributed by atoms with Crippen molar-refractivity contribution in [2.75, 3.05) is 26.7 Å². The highest BCUT2D eigenvalue weighted by molar-refractivity contribution is 5.80. The van der Waals surface area contributed by atoms with Crippen molar-refractivity contribution in [2.45, 2.75) is 34.1 Å². The molecule has 0 saturated heterocycles. The van der Waals surface area contributed by atoms with Gasteiger partial charge in [-0.3, -0.25) is 9.59 Å². The first-order valence-corrected chi connectivity index (χ1v) is 6.89. The Labute approximate surface area is 116 Å². The number of methoxy groups -OCH3 is 1. The van der Waals surface area contributed by atoms with Crippen LogP contribution in [0.4, 0.5) is 0 Å². The molecule has 0 aliphatic carbocycles. The summed E-state index contributed by atoms with van der Waals surface area (Å²) in [5.41, 5.74) is 5.69. The maximum atomic E-state index is 12.4. The first-order valence-electron chi connectivity index (χ1n) is 6.89. The lowest BCUT2D eigenvalue weighted by atomic mass is 9.94. The molecule has 0 bridgehead atoms. The van der Waals surface area contributed by atoms with Gasteiger partial charge in [0, 0.05) is 19.6 Å². The van der Waals surface area contributed by atoms with Gasteiger partial charge in [0.15, 0.2) is 0 Å². The monoisotopic (exact) mass is 272 g/mol. The minimum atomic E-state index is -0.296. The molecule has 0 aromatic carbocycles. The predicted molar refractivity (Wildman–Crippen MR) is 75.4 cm³/mol. The van der Waals surface area contributed by atoms with Crippen LogP contribution in [0.2, 0.25) is 0 Å². The highest BCUT2D eigenvalue weighted by Gasteiger charge is 2.26. The van der Waals surface area contributed by atoms with Gasteiger partial charge in [-0.2, -0.15) is 0 Å². The van der Waals surface area contributed by atoms with E-state index in [2.05, 4.69) is 4.74 Å². The van der Waals surface area contributed by atoms with E-state index in [-0.39, 0.29) is 30.1 Å². The molecule has 19 heavy (non-hydrogen) atoms. The Bertz CT molecular complexity index is 290. The summed E-state index contributed by atoms with van der Waals surface area (Å²) in [6.45, 7) is 9.44. The molecule has 0 heterocycles. The number of amides is 1. The number of nitrogens with two attached hydrogens (primary N) is 1. The molecular formula is C14H28N2O3. The van der Waals surface area contributed by atoms with Crippen molar-refractivity contribution in [3.63, 3.8) is 0 Å². The third kappa shape index (κ3) is 6.57. The number of nitrogens with zero attached hydrogens (tertiary/aromatic N) is 1. The third-order valence-electron chi connectivity index (χ3n) is 3.09. The molecule has 0 aromatic rings. The van der Waals surface area contributed by atoms with Crippen LogP contribution in [-0.4, -0.2) is 43.5 Å². The van der Waals surface area contributed by atoms with Crippen LogP contribution >= 0.6 is 0 Å². The molecule has 2 N–H and O–H groups in total. The topological polar surface area (TPSA) is 72.6 Å². The van der Waals surface area contributed by atoms with Gasteiger partial charge in [0.2, 0.25) is 5.91 Å². The molecule has 0 aromatic heterocycles. The van der Waals surface area contributed by atoms with E-state index in [4.69, 9.17) is 5.73 Å². The van der Waals surface area contributed by atoms with Gasteiger partial charge in [-0.05, 0) is 11.8 Å². The molecule has 112 valence electrons. The smallest absolute Gasteiger partial charge is 0.307 e. The minimum absolute atomic E-state index is 0.0371. The number of hydrogen-bond donors (Lipinski definition) is 1. The molecule has 5 heteroatoms. The zero-order valence-electron chi connectivity index (χ0n) is 12.8. The van der Waals surface area contributed by atoms with Crippen molar-refractivity contribution in [1.29, 1.82) is 0 Å². The molecule has 1 atom stereocenters. The molecule has 1 unspecified atom stereocenters. The summed E-state index contributed by atoms with van der Waals surface area (Å²) in [7, 11) is 1.35. The van der Waals surface area contributed by atoms with Crippen LogP contribution in [0.1, 0.15) is 34.1 Å². The lowest BCUT2D eigenvalue weighted by Crippen LogP contribution is -2.44. The average Bonchev–Trinajstić information content (AvgIpc) is 2.33. The quantitative estimate of drug-likeness (QED) is 0.675. The number of carbonyl (C=O) groups is 2. The Morgan fingerprint density at radius 3 is 2.16 bits per heavy atom. The SMILES string of the molecule is COC(=O)CCN(CC(C)C)C(=O)C(CN)C(C)C. The Hall–Kier alpha value is -1.10. The summed E-state index contributed by atoms with van der Waals surface area (Å²) in [6, 6.07) is 0. The van der Waals surface area contributed by atoms with Crippen molar-refractivity contribution in [3.05, 3.63) is 0 Å². The molecule has 0 fully saturated rings. The summed E-state index contributed by atoms with van der Waals surface area (Å²) >= 11 is 0. The minimum Gasteiger partial charge on any atom is -0.469 e. The van der Waals surface area contributed by atoms with Gasteiger partial charge in [-0.25, -0.2) is 0 Å². The van der Waals surface area contributed by atoms with Crippen molar-refractivity contribution in [3.8, 4) is 0 Å². The number of esters is 1. The van der Waals surface area contributed by atoms with E-state index >= 15 is 0 Å². The fraction of sp³-hybridized carbons (Fsp3) is 0.857. The molecule has 0 aliphatic heterocycles. The van der Waals surface area contributed by atoms with E-state index in [1.54, 1.807) is 4.90 Å². The zero-order valence-corrected chi connectivity index (χ0v) is 12.8. The van der Waals surface area contributed by atoms with E-state index in [0.717, 1.165) is 0 Å². The van der Waals surface area contributed by atoms with Gasteiger partial charge in [-0.15, -0.1) is 0 Å². The van der Waals surface area contributed by atoms with Gasteiger partial charge in [0.05, 0.1) is 19.4 Å². The standard InChI is InChI=1S/C14H28N2O3/c1-10(2)9-16(7-6-13(17)19-5)14(18)12(8-15)11(3)4/h10-12H,6-9,15H2,1-5H3. The maximum absolute atomic E-state index is 12.4. The second kappa shape index (κ2) is 8.91. The lowest BCUT2D eigenvalue weighted by Gasteiger charge is -2.29. The van der Waals surface area contributed by atoms with Crippen LogP contribution in [0.15, 0.2) is 0 Å². The first kappa shape index (κ1) is 17.9. The summed E-state index contributed by atoms with van der Waals surface area (Å²) in [5.74, 6) is 0.111. The van der Waals surface area contributed by atoms with Gasteiger partial charge >= 0.3 is 5.97 Å². The normalized spacial score (nSPS) is 12.6. The van der Waals surface area contributed by atoms with Crippen LogP contribution in [0.25, 0.3) is 0 Å². The van der Waals surface area contributed by atoms with Crippen LogP contribution in [0.3, 0.4) is 0 Å². The second-order valence-electron chi connectivity index (χ2n) is 5.59. The summed E-state index contributed by atoms with van der Waals surface area (Å²) in [6.07, 6.45) is 0.227. The molecule has 0 rings (SSSR count). The summed E-state index contributed by atoms with van der Waals surface area (Å²) in [4.78, 5) is 25.4. The first-order chi connectivity index (χ1) is 8.83. The predicted octanol–water partition coefficient (Wildman–Crippen LogP) is 1.26. The lowest BCUT2D eigenvalue weighted by molar-refractivity contribution is -0.143. The van der Waals surface area contributed by atoms with Gasteiger partial charge in [0.1, 0.15) is 0 Å². The van der Waals surface area contributed by atoms with E-state index in [0.29, 0.717) is 25.6 Å². The Morgan fingerprint density at radius 2 is 1.79 bits per heavy atom. The van der Waals surface area contributed by atoms with Gasteiger partial charge < -0.3 is 15.4 Å². The van der Waals surface area contributed by atoms with Crippen LogP contribution in [0.5, 0.6) is 0 Å². The molecule has 0 aliphatic rings. The van der Waals surface area contributed by atoms with E-state index in [1.807, 2.05) is 27.7 Å². The highest BCUT2D eigenvalue weighted by Crippen LogP contribution is 2.14. The van der Waals surface area contributed by atoms with E-state index < -0.39 is 0 Å². The zero-order chi connectivity index (χ0) is 15.0. The van der Waals surface area contributed by atoms with Gasteiger partial charge in [-0.1, -0.05) is 27.7 Å². The van der Waals surface area contributed by atoms with Crippen molar-refractivity contribution in [1.82, 2.24) is 4.90 Å². The van der Waals surface area contributed by atoms with Crippen molar-refractivity contribution < 1.29 is 14.3 Å². The fourth-order valence-electron chi connectivity index (χ4n) is 1.95. The number of ether oxygens (including phenoxy) is 1. The molecule has 1 amide bonds. The van der Waals surface area contributed by atoms with Crippen LogP contribution in [-0.2, 0) is 14.3 Å².